The predicted octanol–water partition coefficient (Wildman–Crippen LogP) is 3.10. The van der Waals surface area contributed by atoms with Crippen molar-refractivity contribution in [2.24, 2.45) is 0 Å². The number of hydrogen-bond acceptors (Lipinski definition) is 4. The van der Waals surface area contributed by atoms with Crippen LogP contribution in [0.15, 0.2) is 57.9 Å². The molecule has 0 unspecified atom stereocenters. The van der Waals surface area contributed by atoms with Crippen LogP contribution in [0, 0.1) is 6.92 Å². The number of hydrogen-bond donors (Lipinski definition) is 1. The molecule has 1 N–H and O–H groups in total. The zero-order chi connectivity index (χ0) is 18.4. The number of likely N-dealkylation sites (N-methyl/N-ethyl adjacent to an activating group) is 1. The molecule has 0 spiro atoms. The molecule has 0 radical (unpaired) electrons. The average Bonchev–Trinajstić information content (AvgIpc) is 2.56. The van der Waals surface area contributed by atoms with Crippen LogP contribution in [-0.4, -0.2) is 45.1 Å². The molecule has 7 heteroatoms. The lowest BCUT2D eigenvalue weighted by molar-refractivity contribution is -0.117. The number of nitrogens with zero attached hydrogens (tertiary/aromatic N) is 1. The molecule has 0 aliphatic rings. The highest BCUT2D eigenvalue weighted by Gasteiger charge is 2.16. The van der Waals surface area contributed by atoms with Gasteiger partial charge >= 0.3 is 0 Å². The van der Waals surface area contributed by atoms with E-state index < -0.39 is 9.84 Å². The molecule has 0 bridgehead atoms. The van der Waals surface area contributed by atoms with Crippen LogP contribution < -0.4 is 5.32 Å². The molecule has 2 aromatic carbocycles. The van der Waals surface area contributed by atoms with Crippen molar-refractivity contribution < 1.29 is 13.2 Å². The van der Waals surface area contributed by atoms with Gasteiger partial charge in [-0.2, -0.15) is 0 Å². The van der Waals surface area contributed by atoms with E-state index >= 15 is 0 Å². The molecule has 0 heterocycles. The monoisotopic (exact) mass is 424 g/mol. The van der Waals surface area contributed by atoms with Crippen molar-refractivity contribution in [3.63, 3.8) is 0 Å². The second kappa shape index (κ2) is 8.60. The van der Waals surface area contributed by atoms with E-state index in [1.165, 1.54) is 0 Å². The van der Waals surface area contributed by atoms with Crippen molar-refractivity contribution in [3.8, 4) is 0 Å². The summed E-state index contributed by atoms with van der Waals surface area (Å²) >= 11 is 3.38. The van der Waals surface area contributed by atoms with E-state index in [-0.39, 0.29) is 24.7 Å². The summed E-state index contributed by atoms with van der Waals surface area (Å²) in [5.41, 5.74) is 1.70. The SMILES string of the molecule is Cc1cc(Br)ccc1NC(=O)CN(C)CCS(=O)(=O)c1ccccc1. The summed E-state index contributed by atoms with van der Waals surface area (Å²) < 4.78 is 25.5. The molecule has 0 fully saturated rings. The van der Waals surface area contributed by atoms with Gasteiger partial charge in [-0.05, 0) is 49.9 Å². The fourth-order valence-electron chi connectivity index (χ4n) is 2.30. The van der Waals surface area contributed by atoms with Crippen LogP contribution in [0.4, 0.5) is 5.69 Å². The van der Waals surface area contributed by atoms with E-state index in [0.717, 1.165) is 15.7 Å². The molecule has 5 nitrogen and oxygen atoms in total. The van der Waals surface area contributed by atoms with Gasteiger partial charge in [-0.1, -0.05) is 34.1 Å². The highest BCUT2D eigenvalue weighted by Crippen LogP contribution is 2.20. The number of sulfone groups is 1. The second-order valence-corrected chi connectivity index (χ2v) is 8.90. The van der Waals surface area contributed by atoms with Crippen molar-refractivity contribution in [1.29, 1.82) is 0 Å². The Kier molecular flexibility index (Phi) is 6.75. The van der Waals surface area contributed by atoms with Crippen LogP contribution >= 0.6 is 15.9 Å². The van der Waals surface area contributed by atoms with E-state index in [1.54, 1.807) is 42.3 Å². The molecule has 1 amide bonds. The smallest absolute Gasteiger partial charge is 0.238 e. The Morgan fingerprint density at radius 3 is 2.48 bits per heavy atom. The van der Waals surface area contributed by atoms with Crippen LogP contribution in [-0.2, 0) is 14.6 Å². The molecule has 2 rings (SSSR count). The van der Waals surface area contributed by atoms with E-state index in [9.17, 15) is 13.2 Å². The third-order valence-corrected chi connectivity index (χ3v) is 5.92. The van der Waals surface area contributed by atoms with E-state index in [0.29, 0.717) is 4.90 Å². The number of amides is 1. The first-order valence-electron chi connectivity index (χ1n) is 7.80. The molecule has 0 aromatic heterocycles. The zero-order valence-corrected chi connectivity index (χ0v) is 16.6. The Balaban J connectivity index is 1.87. The molecule has 134 valence electrons. The summed E-state index contributed by atoms with van der Waals surface area (Å²) in [4.78, 5) is 14.1. The number of carbonyl (C=O) groups excluding carboxylic acids is 1. The fourth-order valence-corrected chi connectivity index (χ4v) is 4.14. The molecule has 0 aliphatic carbocycles. The van der Waals surface area contributed by atoms with Crippen LogP contribution in [0.5, 0.6) is 0 Å². The van der Waals surface area contributed by atoms with Gasteiger partial charge in [0.15, 0.2) is 9.84 Å². The third-order valence-electron chi connectivity index (χ3n) is 3.72. The van der Waals surface area contributed by atoms with Crippen molar-refractivity contribution in [3.05, 3.63) is 58.6 Å². The standard InChI is InChI=1S/C18H21BrN2O3S/c1-14-12-15(19)8-9-17(14)20-18(22)13-21(2)10-11-25(23,24)16-6-4-3-5-7-16/h3-9,12H,10-11,13H2,1-2H3,(H,20,22). The lowest BCUT2D eigenvalue weighted by Crippen LogP contribution is -2.33. The molecular weight excluding hydrogens is 404 g/mol. The van der Waals surface area contributed by atoms with Gasteiger partial charge in [0, 0.05) is 16.7 Å². The van der Waals surface area contributed by atoms with Gasteiger partial charge in [-0.25, -0.2) is 8.42 Å². The second-order valence-electron chi connectivity index (χ2n) is 5.88. The third kappa shape index (κ3) is 5.95. The predicted molar refractivity (Wildman–Crippen MR) is 104 cm³/mol. The summed E-state index contributed by atoms with van der Waals surface area (Å²) in [6, 6.07) is 14.0. The van der Waals surface area contributed by atoms with Crippen molar-refractivity contribution in [2.45, 2.75) is 11.8 Å². The molecule has 0 atom stereocenters. The number of anilines is 1. The topological polar surface area (TPSA) is 66.5 Å². The first-order chi connectivity index (χ1) is 11.8. The Morgan fingerprint density at radius 2 is 1.84 bits per heavy atom. The molecular formula is C18H21BrN2O3S. The highest BCUT2D eigenvalue weighted by molar-refractivity contribution is 9.10. The van der Waals surface area contributed by atoms with E-state index in [4.69, 9.17) is 0 Å². The maximum Gasteiger partial charge on any atom is 0.238 e. The van der Waals surface area contributed by atoms with E-state index in [2.05, 4.69) is 21.2 Å². The number of carbonyl (C=O) groups is 1. The minimum atomic E-state index is -3.34. The van der Waals surface area contributed by atoms with Crippen molar-refractivity contribution in [2.75, 3.05) is 31.2 Å². The largest absolute Gasteiger partial charge is 0.325 e. The van der Waals surface area contributed by atoms with E-state index in [1.807, 2.05) is 25.1 Å². The van der Waals surface area contributed by atoms with Crippen molar-refractivity contribution >= 4 is 37.4 Å². The Labute approximate surface area is 157 Å². The zero-order valence-electron chi connectivity index (χ0n) is 14.2. The first kappa shape index (κ1) is 19.6. The van der Waals surface area contributed by atoms with Gasteiger partial charge in [0.25, 0.3) is 0 Å². The van der Waals surface area contributed by atoms with Gasteiger partial charge in [-0.15, -0.1) is 0 Å². The first-order valence-corrected chi connectivity index (χ1v) is 10.2. The van der Waals surface area contributed by atoms with Gasteiger partial charge < -0.3 is 5.32 Å². The maximum atomic E-state index is 12.3. The maximum absolute atomic E-state index is 12.3. The number of halogens is 1. The van der Waals surface area contributed by atoms with Gasteiger partial charge in [0.1, 0.15) is 0 Å². The number of benzene rings is 2. The normalized spacial score (nSPS) is 11.5. The highest BCUT2D eigenvalue weighted by atomic mass is 79.9. The number of rotatable bonds is 7. The summed E-state index contributed by atoms with van der Waals surface area (Å²) in [5, 5.41) is 2.85. The number of nitrogens with one attached hydrogen (secondary N) is 1. The van der Waals surface area contributed by atoms with Gasteiger partial charge in [-0.3, -0.25) is 9.69 Å². The molecule has 2 aromatic rings. The van der Waals surface area contributed by atoms with Crippen LogP contribution in [0.25, 0.3) is 0 Å². The quantitative estimate of drug-likeness (QED) is 0.741. The molecule has 0 saturated carbocycles. The molecule has 0 saturated heterocycles. The van der Waals surface area contributed by atoms with Crippen LogP contribution in [0.1, 0.15) is 5.56 Å². The van der Waals surface area contributed by atoms with Crippen LogP contribution in [0.3, 0.4) is 0 Å². The minimum absolute atomic E-state index is 0.0297. The Bertz CT molecular complexity index is 839. The number of aryl methyl sites for hydroxylation is 1. The summed E-state index contributed by atoms with van der Waals surface area (Å²) in [6.45, 7) is 2.32. The van der Waals surface area contributed by atoms with Gasteiger partial charge in [0.05, 0.1) is 17.2 Å². The summed E-state index contributed by atoms with van der Waals surface area (Å²) in [7, 11) is -1.61. The average molecular weight is 425 g/mol. The Morgan fingerprint density at radius 1 is 1.16 bits per heavy atom. The van der Waals surface area contributed by atoms with Crippen molar-refractivity contribution in [1.82, 2.24) is 4.90 Å². The molecule has 0 aliphatic heterocycles. The Hall–Kier alpha value is -1.70. The summed E-state index contributed by atoms with van der Waals surface area (Å²) in [5.74, 6) is -0.206. The molecule has 25 heavy (non-hydrogen) atoms. The fraction of sp³-hybridized carbons (Fsp3) is 0.278. The minimum Gasteiger partial charge on any atom is -0.325 e. The lowest BCUT2D eigenvalue weighted by Gasteiger charge is -2.17. The van der Waals surface area contributed by atoms with Gasteiger partial charge in [0.2, 0.25) is 5.91 Å². The van der Waals surface area contributed by atoms with Crippen LogP contribution in [0.2, 0.25) is 0 Å². The lowest BCUT2D eigenvalue weighted by atomic mass is 10.2. The summed E-state index contributed by atoms with van der Waals surface area (Å²) in [6.07, 6.45) is 0.